The molecule has 0 radical (unpaired) electrons. The van der Waals surface area contributed by atoms with Crippen LogP contribution in [0.1, 0.15) is 25.3 Å². The molecule has 0 spiro atoms. The van der Waals surface area contributed by atoms with E-state index in [0.29, 0.717) is 11.7 Å². The van der Waals surface area contributed by atoms with Gasteiger partial charge in [-0.1, -0.05) is 25.1 Å². The number of hydrogen-bond donors (Lipinski definition) is 0. The van der Waals surface area contributed by atoms with Gasteiger partial charge in [-0.25, -0.2) is 4.98 Å². The molecule has 5 heteroatoms. The first-order valence-electron chi connectivity index (χ1n) is 7.88. The molecule has 4 nitrogen and oxygen atoms in total. The summed E-state index contributed by atoms with van der Waals surface area (Å²) in [6.07, 6.45) is 0.278. The van der Waals surface area contributed by atoms with Gasteiger partial charge in [0.05, 0.1) is 12.1 Å². The highest BCUT2D eigenvalue weighted by Crippen LogP contribution is 2.22. The quantitative estimate of drug-likeness (QED) is 0.774. The van der Waals surface area contributed by atoms with Crippen LogP contribution in [0.15, 0.2) is 34.7 Å². The molecule has 1 aromatic heterocycles. The highest BCUT2D eigenvalue weighted by molar-refractivity contribution is 7.99. The third-order valence-electron chi connectivity index (χ3n) is 3.85. The van der Waals surface area contributed by atoms with Crippen LogP contribution >= 0.6 is 11.8 Å². The zero-order valence-corrected chi connectivity index (χ0v) is 15.0. The van der Waals surface area contributed by atoms with E-state index in [1.807, 2.05) is 56.1 Å². The molecule has 0 fully saturated rings. The van der Waals surface area contributed by atoms with E-state index in [1.54, 1.807) is 4.90 Å². The van der Waals surface area contributed by atoms with E-state index < -0.39 is 0 Å². The van der Waals surface area contributed by atoms with Crippen molar-refractivity contribution in [2.24, 2.45) is 0 Å². The number of rotatable bonds is 7. The van der Waals surface area contributed by atoms with Crippen LogP contribution in [0.2, 0.25) is 0 Å². The summed E-state index contributed by atoms with van der Waals surface area (Å²) in [5, 5.41) is 0. The van der Waals surface area contributed by atoms with Gasteiger partial charge in [0.15, 0.2) is 0 Å². The van der Waals surface area contributed by atoms with Crippen molar-refractivity contribution in [3.05, 3.63) is 41.8 Å². The lowest BCUT2D eigenvalue weighted by atomic mass is 10.2. The average molecular weight is 332 g/mol. The molecule has 1 amide bonds. The van der Waals surface area contributed by atoms with Crippen LogP contribution < -0.4 is 0 Å². The van der Waals surface area contributed by atoms with Crippen LogP contribution in [0.4, 0.5) is 0 Å². The van der Waals surface area contributed by atoms with Crippen molar-refractivity contribution in [1.29, 1.82) is 0 Å². The second kappa shape index (κ2) is 8.20. The molecule has 0 aliphatic heterocycles. The summed E-state index contributed by atoms with van der Waals surface area (Å²) in [7, 11) is 1.86. The molecule has 0 N–H and O–H groups in total. The minimum absolute atomic E-state index is 0.0743. The normalized spacial score (nSPS) is 12.2. The van der Waals surface area contributed by atoms with Gasteiger partial charge < -0.3 is 9.32 Å². The number of carbonyl (C=O) groups is 1. The lowest BCUT2D eigenvalue weighted by Gasteiger charge is -2.24. The standard InChI is InChI=1S/C18H24N2O2S/c1-5-23-12-13(2)20(4)17(21)11-16-14(3)22-18(19-16)15-9-7-6-8-10-15/h6-10,13H,5,11-12H2,1-4H3/t13-/m1/s1. The van der Waals surface area contributed by atoms with E-state index in [1.165, 1.54) is 0 Å². The van der Waals surface area contributed by atoms with Gasteiger partial charge in [0.1, 0.15) is 5.76 Å². The number of amides is 1. The third kappa shape index (κ3) is 4.61. The zero-order valence-electron chi connectivity index (χ0n) is 14.2. The maximum atomic E-state index is 12.5. The topological polar surface area (TPSA) is 46.3 Å². The minimum Gasteiger partial charge on any atom is -0.441 e. The highest BCUT2D eigenvalue weighted by Gasteiger charge is 2.20. The van der Waals surface area contributed by atoms with Crippen molar-refractivity contribution in [3.8, 4) is 11.5 Å². The molecule has 0 saturated carbocycles. The molecule has 2 rings (SSSR count). The van der Waals surface area contributed by atoms with Gasteiger partial charge in [-0.3, -0.25) is 4.79 Å². The highest BCUT2D eigenvalue weighted by atomic mass is 32.2. The third-order valence-corrected chi connectivity index (χ3v) is 4.98. The van der Waals surface area contributed by atoms with E-state index in [0.717, 1.165) is 22.8 Å². The summed E-state index contributed by atoms with van der Waals surface area (Å²) in [5.41, 5.74) is 1.64. The van der Waals surface area contributed by atoms with Crippen LogP contribution in [0.25, 0.3) is 11.5 Å². The average Bonchev–Trinajstić information content (AvgIpc) is 2.93. The summed E-state index contributed by atoms with van der Waals surface area (Å²) in [6, 6.07) is 9.96. The van der Waals surface area contributed by atoms with Crippen LogP contribution in [0, 0.1) is 6.92 Å². The van der Waals surface area contributed by atoms with Crippen LogP contribution in [-0.4, -0.2) is 40.4 Å². The number of thioether (sulfide) groups is 1. The minimum atomic E-state index is 0.0743. The Balaban J connectivity index is 2.05. The molecule has 0 aliphatic rings. The number of benzene rings is 1. The molecule has 1 aromatic carbocycles. The van der Waals surface area contributed by atoms with E-state index in [4.69, 9.17) is 4.42 Å². The molecule has 0 unspecified atom stereocenters. The summed E-state index contributed by atoms with van der Waals surface area (Å²) < 4.78 is 5.72. The summed E-state index contributed by atoms with van der Waals surface area (Å²) in [6.45, 7) is 6.06. The van der Waals surface area contributed by atoms with Gasteiger partial charge in [0.25, 0.3) is 0 Å². The number of likely N-dealkylation sites (N-methyl/N-ethyl adjacent to an activating group) is 1. The predicted molar refractivity (Wildman–Crippen MR) is 95.6 cm³/mol. The largest absolute Gasteiger partial charge is 0.441 e. The second-order valence-corrected chi connectivity index (χ2v) is 6.90. The van der Waals surface area contributed by atoms with Crippen molar-refractivity contribution in [2.75, 3.05) is 18.6 Å². The van der Waals surface area contributed by atoms with Crippen molar-refractivity contribution >= 4 is 17.7 Å². The zero-order chi connectivity index (χ0) is 16.8. The van der Waals surface area contributed by atoms with Gasteiger partial charge in [-0.05, 0) is 31.7 Å². The molecule has 124 valence electrons. The number of aryl methyl sites for hydroxylation is 1. The van der Waals surface area contributed by atoms with E-state index >= 15 is 0 Å². The lowest BCUT2D eigenvalue weighted by molar-refractivity contribution is -0.130. The number of carbonyl (C=O) groups excluding carboxylic acids is 1. The fraction of sp³-hybridized carbons (Fsp3) is 0.444. The molecular formula is C18H24N2O2S. The molecule has 2 aromatic rings. The van der Waals surface area contributed by atoms with Crippen LogP contribution in [-0.2, 0) is 11.2 Å². The SMILES string of the molecule is CCSC[C@@H](C)N(C)C(=O)Cc1nc(-c2ccccc2)oc1C. The smallest absolute Gasteiger partial charge is 0.228 e. The molecule has 1 heterocycles. The van der Waals surface area contributed by atoms with Gasteiger partial charge in [0.2, 0.25) is 11.8 Å². The van der Waals surface area contributed by atoms with Gasteiger partial charge in [-0.2, -0.15) is 11.8 Å². The Morgan fingerprint density at radius 1 is 1.35 bits per heavy atom. The van der Waals surface area contributed by atoms with Crippen molar-refractivity contribution < 1.29 is 9.21 Å². The summed E-state index contributed by atoms with van der Waals surface area (Å²) in [5.74, 6) is 3.37. The maximum absolute atomic E-state index is 12.5. The lowest BCUT2D eigenvalue weighted by Crippen LogP contribution is -2.37. The van der Waals surface area contributed by atoms with Crippen molar-refractivity contribution in [3.63, 3.8) is 0 Å². The predicted octanol–water partition coefficient (Wildman–Crippen LogP) is 3.79. The monoisotopic (exact) mass is 332 g/mol. The fourth-order valence-corrected chi connectivity index (χ4v) is 3.01. The maximum Gasteiger partial charge on any atom is 0.228 e. The van der Waals surface area contributed by atoms with Crippen LogP contribution in [0.5, 0.6) is 0 Å². The molecule has 0 saturated heterocycles. The number of aromatic nitrogens is 1. The van der Waals surface area contributed by atoms with E-state index in [9.17, 15) is 4.79 Å². The fourth-order valence-electron chi connectivity index (χ4n) is 2.21. The van der Waals surface area contributed by atoms with Crippen LogP contribution in [0.3, 0.4) is 0 Å². The Labute approximate surface area is 142 Å². The first kappa shape index (κ1) is 17.6. The summed E-state index contributed by atoms with van der Waals surface area (Å²) in [4.78, 5) is 18.8. The molecule has 23 heavy (non-hydrogen) atoms. The first-order chi connectivity index (χ1) is 11.0. The molecular weight excluding hydrogens is 308 g/mol. The van der Waals surface area contributed by atoms with Crippen molar-refractivity contribution in [2.45, 2.75) is 33.2 Å². The summed E-state index contributed by atoms with van der Waals surface area (Å²) >= 11 is 1.84. The Hall–Kier alpha value is -1.75. The van der Waals surface area contributed by atoms with Gasteiger partial charge in [0, 0.05) is 24.4 Å². The molecule has 1 atom stereocenters. The number of oxazole rings is 1. The Kier molecular flexibility index (Phi) is 6.28. The van der Waals surface area contributed by atoms with Gasteiger partial charge in [-0.15, -0.1) is 0 Å². The van der Waals surface area contributed by atoms with Gasteiger partial charge >= 0.3 is 0 Å². The van der Waals surface area contributed by atoms with E-state index in [2.05, 4.69) is 18.8 Å². The van der Waals surface area contributed by atoms with Crippen molar-refractivity contribution in [1.82, 2.24) is 9.88 Å². The second-order valence-electron chi connectivity index (χ2n) is 5.58. The Morgan fingerprint density at radius 3 is 2.70 bits per heavy atom. The Bertz CT molecular complexity index is 640. The number of hydrogen-bond acceptors (Lipinski definition) is 4. The number of nitrogens with zero attached hydrogens (tertiary/aromatic N) is 2. The first-order valence-corrected chi connectivity index (χ1v) is 9.03. The molecule has 0 bridgehead atoms. The Morgan fingerprint density at radius 2 is 2.04 bits per heavy atom. The van der Waals surface area contributed by atoms with E-state index in [-0.39, 0.29) is 18.4 Å². The molecule has 0 aliphatic carbocycles.